The van der Waals surface area contributed by atoms with E-state index in [1.54, 1.807) is 18.9 Å². The van der Waals surface area contributed by atoms with Crippen LogP contribution in [0.5, 0.6) is 5.75 Å². The predicted octanol–water partition coefficient (Wildman–Crippen LogP) is 4.57. The zero-order valence-electron chi connectivity index (χ0n) is 12.8. The van der Waals surface area contributed by atoms with E-state index in [-0.39, 0.29) is 11.7 Å². The van der Waals surface area contributed by atoms with Crippen LogP contribution in [0, 0.1) is 0 Å². The fourth-order valence-corrected chi connectivity index (χ4v) is 4.22. The maximum atomic E-state index is 12.6. The van der Waals surface area contributed by atoms with Crippen molar-refractivity contribution in [3.63, 3.8) is 0 Å². The number of carbonyl (C=O) groups is 1. The first kappa shape index (κ1) is 14.4. The Bertz CT molecular complexity index is 795. The van der Waals surface area contributed by atoms with Crippen molar-refractivity contribution in [3.05, 3.63) is 64.7 Å². The molecule has 1 aliphatic carbocycles. The zero-order valence-corrected chi connectivity index (χ0v) is 13.7. The first-order valence-electron chi connectivity index (χ1n) is 7.69. The average Bonchev–Trinajstić information content (AvgIpc) is 2.60. The lowest BCUT2D eigenvalue weighted by atomic mass is 9.85. The largest absolute Gasteiger partial charge is 0.497 e. The number of ether oxygens (including phenoxy) is 1. The number of carbonyl (C=O) groups excluding carboxylic acids is 1. The van der Waals surface area contributed by atoms with Gasteiger partial charge in [-0.2, -0.15) is 0 Å². The number of hydrogen-bond donors (Lipinski definition) is 1. The van der Waals surface area contributed by atoms with Crippen molar-refractivity contribution in [2.75, 3.05) is 12.4 Å². The van der Waals surface area contributed by atoms with E-state index in [4.69, 9.17) is 4.74 Å². The van der Waals surface area contributed by atoms with Gasteiger partial charge in [0.25, 0.3) is 0 Å². The van der Waals surface area contributed by atoms with Crippen LogP contribution in [0.2, 0.25) is 0 Å². The van der Waals surface area contributed by atoms with Crippen molar-refractivity contribution in [1.29, 1.82) is 0 Å². The summed E-state index contributed by atoms with van der Waals surface area (Å²) < 4.78 is 5.21. The Morgan fingerprint density at radius 2 is 1.87 bits per heavy atom. The van der Waals surface area contributed by atoms with E-state index in [0.717, 1.165) is 33.4 Å². The first-order chi connectivity index (χ1) is 11.2. The van der Waals surface area contributed by atoms with E-state index >= 15 is 0 Å². The molecule has 0 radical (unpaired) electrons. The molecule has 0 saturated heterocycles. The Morgan fingerprint density at radius 1 is 1.09 bits per heavy atom. The van der Waals surface area contributed by atoms with Gasteiger partial charge in [-0.15, -0.1) is 0 Å². The zero-order chi connectivity index (χ0) is 15.8. The number of allylic oxidation sites excluding steroid dienone is 2. The molecule has 4 heteroatoms. The summed E-state index contributed by atoms with van der Waals surface area (Å²) in [5, 5.41) is 3.46. The number of para-hydroxylation sites is 1. The van der Waals surface area contributed by atoms with Gasteiger partial charge in [-0.1, -0.05) is 36.0 Å². The minimum Gasteiger partial charge on any atom is -0.497 e. The van der Waals surface area contributed by atoms with Crippen LogP contribution in [0.1, 0.15) is 24.3 Å². The van der Waals surface area contributed by atoms with Crippen molar-refractivity contribution in [2.45, 2.75) is 23.7 Å². The Balaban J connectivity index is 1.62. The number of benzene rings is 2. The number of methoxy groups -OCH3 is 1. The minimum absolute atomic E-state index is 0.227. The van der Waals surface area contributed by atoms with Gasteiger partial charge in [-0.05, 0) is 42.2 Å². The molecule has 0 bridgehead atoms. The molecule has 2 aromatic carbocycles. The number of hydrogen-bond acceptors (Lipinski definition) is 4. The fourth-order valence-electron chi connectivity index (χ4n) is 3.17. The molecule has 1 aliphatic heterocycles. The molecule has 2 aromatic rings. The van der Waals surface area contributed by atoms with Crippen LogP contribution < -0.4 is 10.1 Å². The van der Waals surface area contributed by atoms with Gasteiger partial charge in [0.05, 0.1) is 17.7 Å². The molecule has 1 atom stereocenters. The van der Waals surface area contributed by atoms with Crippen molar-refractivity contribution in [3.8, 4) is 5.75 Å². The predicted molar refractivity (Wildman–Crippen MR) is 92.9 cm³/mol. The van der Waals surface area contributed by atoms with Crippen LogP contribution in [-0.4, -0.2) is 12.9 Å². The Hall–Kier alpha value is -2.20. The normalized spacial score (nSPS) is 19.7. The number of fused-ring (bicyclic) bond motifs is 1. The highest BCUT2D eigenvalue weighted by Gasteiger charge is 2.32. The van der Waals surface area contributed by atoms with Gasteiger partial charge < -0.3 is 10.1 Å². The lowest BCUT2D eigenvalue weighted by Crippen LogP contribution is -2.22. The third kappa shape index (κ3) is 2.63. The standard InChI is InChI=1S/C19H17NO2S/c1-22-14-8-6-12(7-9-14)13-10-16-19(17(21)11-13)23-18-5-3-2-4-15(18)20-16/h2-9,13,20H,10-11H2,1H3. The number of Topliss-reactive ketones (excluding diaryl/α,β-unsaturated/α-hetero) is 1. The second-order valence-electron chi connectivity index (χ2n) is 5.83. The van der Waals surface area contributed by atoms with Gasteiger partial charge >= 0.3 is 0 Å². The summed E-state index contributed by atoms with van der Waals surface area (Å²) in [7, 11) is 1.66. The molecule has 0 saturated carbocycles. The van der Waals surface area contributed by atoms with Crippen LogP contribution >= 0.6 is 11.8 Å². The Morgan fingerprint density at radius 3 is 2.65 bits per heavy atom. The maximum absolute atomic E-state index is 12.6. The van der Waals surface area contributed by atoms with E-state index in [1.165, 1.54) is 5.56 Å². The van der Waals surface area contributed by atoms with Gasteiger partial charge in [0, 0.05) is 17.0 Å². The summed E-state index contributed by atoms with van der Waals surface area (Å²) in [4.78, 5) is 14.6. The molecule has 23 heavy (non-hydrogen) atoms. The smallest absolute Gasteiger partial charge is 0.171 e. The third-order valence-corrected chi connectivity index (χ3v) is 5.64. The van der Waals surface area contributed by atoms with Crippen LogP contribution in [0.25, 0.3) is 0 Å². The molecule has 4 rings (SSSR count). The second kappa shape index (κ2) is 5.78. The molecule has 116 valence electrons. The molecular weight excluding hydrogens is 306 g/mol. The highest BCUT2D eigenvalue weighted by atomic mass is 32.2. The van der Waals surface area contributed by atoms with Crippen molar-refractivity contribution >= 4 is 23.2 Å². The summed E-state index contributed by atoms with van der Waals surface area (Å²) in [6.07, 6.45) is 1.44. The summed E-state index contributed by atoms with van der Waals surface area (Å²) in [5.41, 5.74) is 3.35. The minimum atomic E-state index is 0.227. The second-order valence-corrected chi connectivity index (χ2v) is 6.88. The molecular formula is C19H17NO2S. The van der Waals surface area contributed by atoms with E-state index in [9.17, 15) is 4.79 Å². The van der Waals surface area contributed by atoms with E-state index in [1.807, 2.05) is 24.3 Å². The SMILES string of the molecule is COc1ccc(C2CC(=O)C3=C(C2)Nc2ccccc2S3)cc1. The topological polar surface area (TPSA) is 38.3 Å². The Kier molecular flexibility index (Phi) is 3.62. The van der Waals surface area contributed by atoms with Crippen LogP contribution in [0.4, 0.5) is 5.69 Å². The van der Waals surface area contributed by atoms with Crippen molar-refractivity contribution in [1.82, 2.24) is 0 Å². The van der Waals surface area contributed by atoms with Crippen molar-refractivity contribution in [2.24, 2.45) is 0 Å². The number of nitrogens with one attached hydrogen (secondary N) is 1. The molecule has 3 nitrogen and oxygen atoms in total. The Labute approximate surface area is 139 Å². The van der Waals surface area contributed by atoms with Gasteiger partial charge in [0.2, 0.25) is 0 Å². The number of thioether (sulfide) groups is 1. The summed E-state index contributed by atoms with van der Waals surface area (Å²) in [5.74, 6) is 1.31. The number of rotatable bonds is 2. The summed E-state index contributed by atoms with van der Waals surface area (Å²) >= 11 is 1.60. The van der Waals surface area contributed by atoms with Gasteiger partial charge in [-0.25, -0.2) is 0 Å². The quantitative estimate of drug-likeness (QED) is 0.878. The van der Waals surface area contributed by atoms with Gasteiger partial charge in [-0.3, -0.25) is 4.79 Å². The monoisotopic (exact) mass is 323 g/mol. The highest BCUT2D eigenvalue weighted by Crippen LogP contribution is 2.46. The van der Waals surface area contributed by atoms with Crippen molar-refractivity contribution < 1.29 is 9.53 Å². The first-order valence-corrected chi connectivity index (χ1v) is 8.50. The van der Waals surface area contributed by atoms with Gasteiger partial charge in [0.1, 0.15) is 5.75 Å². The lowest BCUT2D eigenvalue weighted by Gasteiger charge is -2.31. The molecule has 1 N–H and O–H groups in total. The summed E-state index contributed by atoms with van der Waals surface area (Å²) in [6, 6.07) is 16.2. The molecule has 1 unspecified atom stereocenters. The fraction of sp³-hybridized carbons (Fsp3) is 0.211. The van der Waals surface area contributed by atoms with E-state index < -0.39 is 0 Å². The average molecular weight is 323 g/mol. The molecule has 2 aliphatic rings. The van der Waals surface area contributed by atoms with Crippen LogP contribution in [0.3, 0.4) is 0 Å². The number of ketones is 1. The third-order valence-electron chi connectivity index (χ3n) is 4.38. The van der Waals surface area contributed by atoms with Crippen LogP contribution in [-0.2, 0) is 4.79 Å². The number of anilines is 1. The van der Waals surface area contributed by atoms with E-state index in [0.29, 0.717) is 6.42 Å². The highest BCUT2D eigenvalue weighted by molar-refractivity contribution is 8.04. The van der Waals surface area contributed by atoms with Crippen LogP contribution in [0.15, 0.2) is 64.0 Å². The lowest BCUT2D eigenvalue weighted by molar-refractivity contribution is -0.115. The molecule has 0 spiro atoms. The molecule has 0 aromatic heterocycles. The van der Waals surface area contributed by atoms with Gasteiger partial charge in [0.15, 0.2) is 5.78 Å². The van der Waals surface area contributed by atoms with E-state index in [2.05, 4.69) is 29.6 Å². The summed E-state index contributed by atoms with van der Waals surface area (Å²) in [6.45, 7) is 0. The molecule has 0 fully saturated rings. The molecule has 1 heterocycles. The maximum Gasteiger partial charge on any atom is 0.171 e. The molecule has 0 amide bonds.